The predicted molar refractivity (Wildman–Crippen MR) is 53.5 cm³/mol. The summed E-state index contributed by atoms with van der Waals surface area (Å²) in [5, 5.41) is 4.03. The summed E-state index contributed by atoms with van der Waals surface area (Å²) in [6.07, 6.45) is 0. The largest absolute Gasteiger partial charge is 0.311 e. The Balaban J connectivity index is 3.10. The minimum absolute atomic E-state index is 0.0572. The lowest BCUT2D eigenvalue weighted by Gasteiger charge is -2.25. The van der Waals surface area contributed by atoms with Crippen LogP contribution >= 0.6 is 11.6 Å². The summed E-state index contributed by atoms with van der Waals surface area (Å²) in [7, 11) is 1.93. The zero-order chi connectivity index (χ0) is 9.19. The maximum absolute atomic E-state index is 6.05. The molecule has 1 rings (SSSR count). The number of hydrogen-bond acceptors (Lipinski definition) is 1. The van der Waals surface area contributed by atoms with Gasteiger partial charge in [-0.2, -0.15) is 0 Å². The molecule has 0 spiro atoms. The molecule has 1 aromatic carbocycles. The topological polar surface area (TPSA) is 12.0 Å². The van der Waals surface area contributed by atoms with Crippen molar-refractivity contribution < 1.29 is 0 Å². The smallest absolute Gasteiger partial charge is 0.0456 e. The molecule has 1 N–H and O–H groups in total. The van der Waals surface area contributed by atoms with Crippen molar-refractivity contribution in [3.63, 3.8) is 0 Å². The molecule has 12 heavy (non-hydrogen) atoms. The molecular weight excluding hydrogens is 170 g/mol. The molecule has 0 aromatic heterocycles. The van der Waals surface area contributed by atoms with Gasteiger partial charge in [0, 0.05) is 10.6 Å². The minimum Gasteiger partial charge on any atom is -0.311 e. The molecule has 0 aliphatic rings. The zero-order valence-electron chi connectivity index (χ0n) is 7.69. The predicted octanol–water partition coefficient (Wildman–Crippen LogP) is 2.79. The minimum atomic E-state index is -0.0572. The van der Waals surface area contributed by atoms with Crippen LogP contribution in [0.5, 0.6) is 0 Å². The quantitative estimate of drug-likeness (QED) is 0.744. The Morgan fingerprint density at radius 3 is 2.33 bits per heavy atom. The summed E-state index contributed by atoms with van der Waals surface area (Å²) >= 11 is 6.05. The second kappa shape index (κ2) is 3.46. The molecule has 0 heterocycles. The molecule has 66 valence electrons. The second-order valence-corrected chi connectivity index (χ2v) is 3.76. The lowest BCUT2D eigenvalue weighted by molar-refractivity contribution is 0.445. The van der Waals surface area contributed by atoms with Gasteiger partial charge in [0.05, 0.1) is 0 Å². The SMILES string of the molecule is CNC(C)(C)c1ccccc1Cl. The Bertz CT molecular complexity index is 268. The average Bonchev–Trinajstić information content (AvgIpc) is 2.05. The maximum atomic E-state index is 6.05. The van der Waals surface area contributed by atoms with Crippen molar-refractivity contribution in [1.29, 1.82) is 0 Å². The van der Waals surface area contributed by atoms with Crippen LogP contribution in [0.25, 0.3) is 0 Å². The van der Waals surface area contributed by atoms with Gasteiger partial charge in [0.25, 0.3) is 0 Å². The average molecular weight is 184 g/mol. The normalized spacial score (nSPS) is 11.7. The highest BCUT2D eigenvalue weighted by atomic mass is 35.5. The molecule has 0 aliphatic carbocycles. The van der Waals surface area contributed by atoms with Crippen LogP contribution in [0.3, 0.4) is 0 Å². The van der Waals surface area contributed by atoms with E-state index in [9.17, 15) is 0 Å². The van der Waals surface area contributed by atoms with Gasteiger partial charge < -0.3 is 5.32 Å². The highest BCUT2D eigenvalue weighted by Gasteiger charge is 2.19. The third kappa shape index (κ3) is 1.79. The van der Waals surface area contributed by atoms with Crippen LogP contribution in [0, 0.1) is 0 Å². The van der Waals surface area contributed by atoms with Gasteiger partial charge >= 0.3 is 0 Å². The van der Waals surface area contributed by atoms with E-state index in [2.05, 4.69) is 19.2 Å². The van der Waals surface area contributed by atoms with E-state index in [-0.39, 0.29) is 5.54 Å². The third-order valence-electron chi connectivity index (χ3n) is 2.17. The first kappa shape index (κ1) is 9.56. The molecule has 2 heteroatoms. The molecule has 0 bridgehead atoms. The fraction of sp³-hybridized carbons (Fsp3) is 0.400. The highest BCUT2D eigenvalue weighted by molar-refractivity contribution is 6.31. The Hall–Kier alpha value is -0.530. The number of hydrogen-bond donors (Lipinski definition) is 1. The van der Waals surface area contributed by atoms with Crippen LogP contribution in [0.4, 0.5) is 0 Å². The molecule has 0 radical (unpaired) electrons. The van der Waals surface area contributed by atoms with E-state index in [1.807, 2.05) is 31.3 Å². The maximum Gasteiger partial charge on any atom is 0.0456 e. The van der Waals surface area contributed by atoms with Gasteiger partial charge in [0.15, 0.2) is 0 Å². The molecule has 0 aliphatic heterocycles. The van der Waals surface area contributed by atoms with Crippen LogP contribution in [0.1, 0.15) is 19.4 Å². The fourth-order valence-electron chi connectivity index (χ4n) is 1.10. The number of halogens is 1. The standard InChI is InChI=1S/C10H14ClN/c1-10(2,12-3)8-6-4-5-7-9(8)11/h4-7,12H,1-3H3. The molecule has 0 saturated carbocycles. The Morgan fingerprint density at radius 2 is 1.83 bits per heavy atom. The van der Waals surface area contributed by atoms with E-state index < -0.39 is 0 Å². The fourth-order valence-corrected chi connectivity index (χ4v) is 1.47. The Morgan fingerprint density at radius 1 is 1.25 bits per heavy atom. The lowest BCUT2D eigenvalue weighted by atomic mass is 9.95. The number of benzene rings is 1. The Labute approximate surface area is 78.7 Å². The molecule has 0 unspecified atom stereocenters. The van der Waals surface area contributed by atoms with Gasteiger partial charge in [-0.25, -0.2) is 0 Å². The first-order valence-corrected chi connectivity index (χ1v) is 4.39. The van der Waals surface area contributed by atoms with Crippen LogP contribution < -0.4 is 5.32 Å². The summed E-state index contributed by atoms with van der Waals surface area (Å²) in [5.74, 6) is 0. The summed E-state index contributed by atoms with van der Waals surface area (Å²) < 4.78 is 0. The number of rotatable bonds is 2. The van der Waals surface area contributed by atoms with Crippen LogP contribution in [0.2, 0.25) is 5.02 Å². The van der Waals surface area contributed by atoms with E-state index >= 15 is 0 Å². The Kier molecular flexibility index (Phi) is 2.76. The van der Waals surface area contributed by atoms with E-state index in [1.54, 1.807) is 0 Å². The van der Waals surface area contributed by atoms with E-state index in [4.69, 9.17) is 11.6 Å². The second-order valence-electron chi connectivity index (χ2n) is 3.35. The third-order valence-corrected chi connectivity index (χ3v) is 2.50. The van der Waals surface area contributed by atoms with Gasteiger partial charge in [-0.1, -0.05) is 29.8 Å². The summed E-state index contributed by atoms with van der Waals surface area (Å²) in [6.45, 7) is 4.21. The van der Waals surface area contributed by atoms with Crippen LogP contribution in [-0.2, 0) is 5.54 Å². The van der Waals surface area contributed by atoms with Crippen molar-refractivity contribution in [2.75, 3.05) is 7.05 Å². The first-order valence-electron chi connectivity index (χ1n) is 4.02. The monoisotopic (exact) mass is 183 g/mol. The molecule has 0 amide bonds. The summed E-state index contributed by atoms with van der Waals surface area (Å²) in [5.41, 5.74) is 1.08. The molecule has 0 saturated heterocycles. The van der Waals surface area contributed by atoms with Crippen molar-refractivity contribution in [3.05, 3.63) is 34.9 Å². The molecule has 1 aromatic rings. The molecular formula is C10H14ClN. The lowest BCUT2D eigenvalue weighted by Crippen LogP contribution is -2.33. The molecule has 0 fully saturated rings. The van der Waals surface area contributed by atoms with Crippen molar-refractivity contribution in [1.82, 2.24) is 5.32 Å². The van der Waals surface area contributed by atoms with E-state index in [1.165, 1.54) is 0 Å². The molecule has 1 nitrogen and oxygen atoms in total. The van der Waals surface area contributed by atoms with E-state index in [0.717, 1.165) is 10.6 Å². The van der Waals surface area contributed by atoms with E-state index in [0.29, 0.717) is 0 Å². The van der Waals surface area contributed by atoms with Gasteiger partial charge in [0.2, 0.25) is 0 Å². The van der Waals surface area contributed by atoms with Crippen molar-refractivity contribution >= 4 is 11.6 Å². The summed E-state index contributed by atoms with van der Waals surface area (Å²) in [4.78, 5) is 0. The van der Waals surface area contributed by atoms with Gasteiger partial charge in [-0.05, 0) is 32.5 Å². The first-order chi connectivity index (χ1) is 5.58. The summed E-state index contributed by atoms with van der Waals surface area (Å²) in [6, 6.07) is 7.90. The van der Waals surface area contributed by atoms with Gasteiger partial charge in [-0.15, -0.1) is 0 Å². The zero-order valence-corrected chi connectivity index (χ0v) is 8.44. The van der Waals surface area contributed by atoms with Crippen molar-refractivity contribution in [2.24, 2.45) is 0 Å². The molecule has 0 atom stereocenters. The van der Waals surface area contributed by atoms with Crippen molar-refractivity contribution in [3.8, 4) is 0 Å². The van der Waals surface area contributed by atoms with Crippen molar-refractivity contribution in [2.45, 2.75) is 19.4 Å². The van der Waals surface area contributed by atoms with Crippen LogP contribution in [0.15, 0.2) is 24.3 Å². The van der Waals surface area contributed by atoms with Crippen LogP contribution in [-0.4, -0.2) is 7.05 Å². The van der Waals surface area contributed by atoms with Gasteiger partial charge in [-0.3, -0.25) is 0 Å². The number of nitrogens with one attached hydrogen (secondary N) is 1. The van der Waals surface area contributed by atoms with Gasteiger partial charge in [0.1, 0.15) is 0 Å². The highest BCUT2D eigenvalue weighted by Crippen LogP contribution is 2.26.